The zero-order chi connectivity index (χ0) is 19.5. The number of unbranched alkanes of at least 4 members (excludes halogenated alkanes) is 2. The summed E-state index contributed by atoms with van der Waals surface area (Å²) < 4.78 is 26.6. The van der Waals surface area contributed by atoms with Gasteiger partial charge in [0, 0.05) is 18.5 Å². The fraction of sp³-hybridized carbons (Fsp3) is 0.263. The summed E-state index contributed by atoms with van der Waals surface area (Å²) >= 11 is 0. The lowest BCUT2D eigenvalue weighted by Crippen LogP contribution is -2.41. The first kappa shape index (κ1) is 20.6. The van der Waals surface area contributed by atoms with E-state index in [9.17, 15) is 18.0 Å². The van der Waals surface area contributed by atoms with E-state index in [1.165, 1.54) is 12.1 Å². The van der Waals surface area contributed by atoms with Crippen LogP contribution >= 0.6 is 0 Å². The Balaban J connectivity index is 1.57. The summed E-state index contributed by atoms with van der Waals surface area (Å²) in [6.45, 7) is 0.309. The summed E-state index contributed by atoms with van der Waals surface area (Å²) in [5.74, 6) is -0.664. The van der Waals surface area contributed by atoms with Crippen LogP contribution in [0.5, 0.6) is 0 Å². The molecule has 2 aromatic carbocycles. The number of benzene rings is 2. The molecule has 0 heterocycles. The third-order valence-electron chi connectivity index (χ3n) is 3.78. The van der Waals surface area contributed by atoms with Crippen molar-refractivity contribution in [2.45, 2.75) is 30.6 Å². The monoisotopic (exact) mass is 389 g/mol. The number of carbonyl (C=O) groups excluding carboxylic acids is 2. The molecule has 0 radical (unpaired) electrons. The number of hydrogen-bond acceptors (Lipinski definition) is 4. The van der Waals surface area contributed by atoms with E-state index in [0.29, 0.717) is 31.4 Å². The molecule has 3 N–H and O–H groups in total. The maximum Gasteiger partial charge on any atom is 0.269 e. The van der Waals surface area contributed by atoms with Gasteiger partial charge in [-0.15, -0.1) is 0 Å². The van der Waals surface area contributed by atoms with Crippen LogP contribution in [0.2, 0.25) is 0 Å². The standard InChI is InChI=1S/C19H23N3O4S/c23-18(21-22-19(24)16-10-4-1-5-11-16)14-8-3-9-15-20-27(25,26)17-12-6-2-7-13-17/h1-2,4-7,10-13,20H,3,8-9,14-15H2,(H,21,23)(H,22,24). The highest BCUT2D eigenvalue weighted by Crippen LogP contribution is 2.07. The SMILES string of the molecule is O=C(CCCCCNS(=O)(=O)c1ccccc1)NNC(=O)c1ccccc1. The first-order valence-electron chi connectivity index (χ1n) is 8.68. The predicted molar refractivity (Wildman–Crippen MR) is 102 cm³/mol. The molecule has 2 aromatic rings. The lowest BCUT2D eigenvalue weighted by Gasteiger charge is -2.08. The van der Waals surface area contributed by atoms with Gasteiger partial charge in [0.2, 0.25) is 15.9 Å². The average Bonchev–Trinajstić information content (AvgIpc) is 2.70. The van der Waals surface area contributed by atoms with E-state index in [-0.39, 0.29) is 23.1 Å². The van der Waals surface area contributed by atoms with Crippen molar-refractivity contribution in [2.24, 2.45) is 0 Å². The fourth-order valence-corrected chi connectivity index (χ4v) is 3.42. The number of rotatable bonds is 9. The lowest BCUT2D eigenvalue weighted by molar-refractivity contribution is -0.122. The summed E-state index contributed by atoms with van der Waals surface area (Å²) in [5, 5.41) is 0. The second-order valence-corrected chi connectivity index (χ2v) is 7.66. The molecule has 7 nitrogen and oxygen atoms in total. The second kappa shape index (κ2) is 10.4. The summed E-state index contributed by atoms with van der Waals surface area (Å²) in [4.78, 5) is 23.7. The summed E-state index contributed by atoms with van der Waals surface area (Å²) in [6.07, 6.45) is 2.16. The summed E-state index contributed by atoms with van der Waals surface area (Å²) in [7, 11) is -3.49. The Morgan fingerprint density at radius 1 is 0.778 bits per heavy atom. The van der Waals surface area contributed by atoms with E-state index >= 15 is 0 Å². The zero-order valence-corrected chi connectivity index (χ0v) is 15.7. The highest BCUT2D eigenvalue weighted by Gasteiger charge is 2.12. The van der Waals surface area contributed by atoms with Crippen LogP contribution in [0.3, 0.4) is 0 Å². The minimum Gasteiger partial charge on any atom is -0.273 e. The van der Waals surface area contributed by atoms with Gasteiger partial charge in [0.05, 0.1) is 4.90 Å². The van der Waals surface area contributed by atoms with Gasteiger partial charge in [-0.3, -0.25) is 20.4 Å². The number of sulfonamides is 1. The van der Waals surface area contributed by atoms with E-state index < -0.39 is 10.0 Å². The molecule has 0 aromatic heterocycles. The molecule has 2 rings (SSSR count). The number of hydrogen-bond donors (Lipinski definition) is 3. The molecule has 0 unspecified atom stereocenters. The van der Waals surface area contributed by atoms with Crippen molar-refractivity contribution in [3.63, 3.8) is 0 Å². The highest BCUT2D eigenvalue weighted by atomic mass is 32.2. The van der Waals surface area contributed by atoms with E-state index in [2.05, 4.69) is 15.6 Å². The van der Waals surface area contributed by atoms with E-state index in [0.717, 1.165) is 0 Å². The van der Waals surface area contributed by atoms with Gasteiger partial charge >= 0.3 is 0 Å². The molecule has 0 fully saturated rings. The minimum absolute atomic E-state index is 0.235. The maximum atomic E-state index is 12.0. The van der Waals surface area contributed by atoms with Crippen molar-refractivity contribution in [3.8, 4) is 0 Å². The largest absolute Gasteiger partial charge is 0.273 e. The Labute approximate surface area is 159 Å². The normalized spacial score (nSPS) is 11.0. The van der Waals surface area contributed by atoms with Crippen LogP contribution in [0, 0.1) is 0 Å². The first-order chi connectivity index (χ1) is 13.0. The van der Waals surface area contributed by atoms with E-state index in [1.54, 1.807) is 48.5 Å². The van der Waals surface area contributed by atoms with Gasteiger partial charge in [-0.2, -0.15) is 0 Å². The Morgan fingerprint density at radius 2 is 1.41 bits per heavy atom. The predicted octanol–water partition coefficient (Wildman–Crippen LogP) is 1.99. The zero-order valence-electron chi connectivity index (χ0n) is 14.9. The molecule has 0 saturated carbocycles. The molecule has 0 aliphatic carbocycles. The van der Waals surface area contributed by atoms with Crippen molar-refractivity contribution in [3.05, 3.63) is 66.2 Å². The molecular weight excluding hydrogens is 366 g/mol. The van der Waals surface area contributed by atoms with Crippen molar-refractivity contribution in [2.75, 3.05) is 6.54 Å². The molecular formula is C19H23N3O4S. The quantitative estimate of drug-likeness (QED) is 0.451. The third-order valence-corrected chi connectivity index (χ3v) is 5.25. The number of nitrogens with one attached hydrogen (secondary N) is 3. The molecule has 0 aliphatic heterocycles. The number of hydrazine groups is 1. The molecule has 0 saturated heterocycles. The van der Waals surface area contributed by atoms with Crippen LogP contribution < -0.4 is 15.6 Å². The molecule has 0 atom stereocenters. The van der Waals surface area contributed by atoms with Crippen molar-refractivity contribution in [1.29, 1.82) is 0 Å². The molecule has 144 valence electrons. The topological polar surface area (TPSA) is 104 Å². The van der Waals surface area contributed by atoms with Gasteiger partial charge in [0.25, 0.3) is 5.91 Å². The lowest BCUT2D eigenvalue weighted by atomic mass is 10.2. The average molecular weight is 389 g/mol. The molecule has 8 heteroatoms. The van der Waals surface area contributed by atoms with E-state index in [1.807, 2.05) is 0 Å². The number of amides is 2. The highest BCUT2D eigenvalue weighted by molar-refractivity contribution is 7.89. The van der Waals surface area contributed by atoms with Gasteiger partial charge in [-0.25, -0.2) is 13.1 Å². The fourth-order valence-electron chi connectivity index (χ4n) is 2.33. The number of carbonyl (C=O) groups is 2. The van der Waals surface area contributed by atoms with Crippen LogP contribution in [0.1, 0.15) is 36.0 Å². The van der Waals surface area contributed by atoms with Gasteiger partial charge in [-0.1, -0.05) is 42.8 Å². The van der Waals surface area contributed by atoms with Crippen molar-refractivity contribution < 1.29 is 18.0 Å². The molecule has 0 spiro atoms. The van der Waals surface area contributed by atoms with Crippen LogP contribution in [0.25, 0.3) is 0 Å². The Hall–Kier alpha value is -2.71. The van der Waals surface area contributed by atoms with Crippen LogP contribution in [-0.4, -0.2) is 26.8 Å². The summed E-state index contributed by atoms with van der Waals surface area (Å²) in [5.41, 5.74) is 5.19. The molecule has 0 aliphatic rings. The van der Waals surface area contributed by atoms with E-state index in [4.69, 9.17) is 0 Å². The minimum atomic E-state index is -3.49. The van der Waals surface area contributed by atoms with Crippen molar-refractivity contribution in [1.82, 2.24) is 15.6 Å². The Bertz CT molecular complexity index is 840. The second-order valence-electron chi connectivity index (χ2n) is 5.89. The third kappa shape index (κ3) is 7.20. The first-order valence-corrected chi connectivity index (χ1v) is 10.2. The van der Waals surface area contributed by atoms with Gasteiger partial charge in [0.1, 0.15) is 0 Å². The van der Waals surface area contributed by atoms with Crippen LogP contribution in [0.15, 0.2) is 65.6 Å². The van der Waals surface area contributed by atoms with Gasteiger partial charge in [0.15, 0.2) is 0 Å². The smallest absolute Gasteiger partial charge is 0.269 e. The molecule has 0 bridgehead atoms. The van der Waals surface area contributed by atoms with Crippen LogP contribution in [0.4, 0.5) is 0 Å². The maximum absolute atomic E-state index is 12.0. The Kier molecular flexibility index (Phi) is 7.97. The molecule has 27 heavy (non-hydrogen) atoms. The van der Waals surface area contributed by atoms with Crippen molar-refractivity contribution >= 4 is 21.8 Å². The van der Waals surface area contributed by atoms with Gasteiger partial charge < -0.3 is 0 Å². The van der Waals surface area contributed by atoms with Crippen LogP contribution in [-0.2, 0) is 14.8 Å². The van der Waals surface area contributed by atoms with Gasteiger partial charge in [-0.05, 0) is 37.1 Å². The summed E-state index contributed by atoms with van der Waals surface area (Å²) in [6, 6.07) is 16.8. The molecule has 2 amide bonds. The Morgan fingerprint density at radius 3 is 2.07 bits per heavy atom.